The third kappa shape index (κ3) is 3.87. The quantitative estimate of drug-likeness (QED) is 0.759. The van der Waals surface area contributed by atoms with Crippen LogP contribution in [-0.4, -0.2) is 44.7 Å². The van der Waals surface area contributed by atoms with Gasteiger partial charge in [-0.25, -0.2) is 0 Å². The molecule has 0 aromatic heterocycles. The summed E-state index contributed by atoms with van der Waals surface area (Å²) >= 11 is 0. The van der Waals surface area contributed by atoms with Crippen molar-refractivity contribution in [3.8, 4) is 11.8 Å². The first kappa shape index (κ1) is 13.7. The van der Waals surface area contributed by atoms with Crippen LogP contribution >= 0.6 is 0 Å². The van der Waals surface area contributed by atoms with Crippen molar-refractivity contribution < 1.29 is 4.74 Å². The van der Waals surface area contributed by atoms with Crippen molar-refractivity contribution in [2.45, 2.75) is 12.8 Å². The Bertz CT molecular complexity index is 433. The van der Waals surface area contributed by atoms with E-state index in [1.54, 1.807) is 7.11 Å². The second-order valence-electron chi connectivity index (χ2n) is 4.79. The number of methoxy groups -OCH3 is 1. The number of anilines is 1. The fourth-order valence-electron chi connectivity index (χ4n) is 2.42. The van der Waals surface area contributed by atoms with Crippen LogP contribution in [0.2, 0.25) is 0 Å². The van der Waals surface area contributed by atoms with Crippen molar-refractivity contribution in [2.24, 2.45) is 0 Å². The Morgan fingerprint density at radius 3 is 2.74 bits per heavy atom. The number of hydrogen-bond acceptors (Lipinski definition) is 4. The van der Waals surface area contributed by atoms with Crippen LogP contribution in [0.25, 0.3) is 0 Å². The maximum Gasteiger partial charge on any atom is 0.120 e. The van der Waals surface area contributed by atoms with Crippen LogP contribution in [0.1, 0.15) is 12.8 Å². The van der Waals surface area contributed by atoms with E-state index >= 15 is 0 Å². The molecule has 0 N–H and O–H groups in total. The number of hydrogen-bond donors (Lipinski definition) is 0. The molecule has 1 aromatic rings. The number of benzene rings is 1. The Kier molecular flexibility index (Phi) is 5.05. The first-order valence-electron chi connectivity index (χ1n) is 6.82. The topological polar surface area (TPSA) is 39.5 Å². The van der Waals surface area contributed by atoms with Gasteiger partial charge in [0.1, 0.15) is 5.75 Å². The standard InChI is InChI=1S/C15H21N3O/c1-19-15-6-4-5-14(13-15)18-11-9-17(10-12-18)8-3-2-7-16/h4-6,13H,2-3,8-12H2,1H3. The van der Waals surface area contributed by atoms with Gasteiger partial charge in [-0.05, 0) is 25.1 Å². The second kappa shape index (κ2) is 7.01. The van der Waals surface area contributed by atoms with Crippen LogP contribution in [0.15, 0.2) is 24.3 Å². The highest BCUT2D eigenvalue weighted by molar-refractivity contribution is 5.51. The van der Waals surface area contributed by atoms with E-state index < -0.39 is 0 Å². The van der Waals surface area contributed by atoms with Crippen molar-refractivity contribution in [3.05, 3.63) is 24.3 Å². The zero-order valence-corrected chi connectivity index (χ0v) is 11.5. The highest BCUT2D eigenvalue weighted by Gasteiger charge is 2.16. The molecule has 2 rings (SSSR count). The summed E-state index contributed by atoms with van der Waals surface area (Å²) < 4.78 is 5.26. The van der Waals surface area contributed by atoms with Gasteiger partial charge in [-0.3, -0.25) is 4.90 Å². The molecule has 102 valence electrons. The summed E-state index contributed by atoms with van der Waals surface area (Å²) in [6.07, 6.45) is 1.64. The van der Waals surface area contributed by atoms with Gasteiger partial charge in [0.15, 0.2) is 0 Å². The SMILES string of the molecule is COc1cccc(N2CCN(CCCC#N)CC2)c1. The summed E-state index contributed by atoms with van der Waals surface area (Å²) in [6, 6.07) is 10.4. The minimum atomic E-state index is 0.663. The third-order valence-corrected chi connectivity index (χ3v) is 3.55. The summed E-state index contributed by atoms with van der Waals surface area (Å²) in [5.74, 6) is 0.911. The summed E-state index contributed by atoms with van der Waals surface area (Å²) in [5, 5.41) is 8.55. The Hall–Kier alpha value is -1.73. The van der Waals surface area contributed by atoms with E-state index in [4.69, 9.17) is 10.00 Å². The van der Waals surface area contributed by atoms with Gasteiger partial charge in [-0.1, -0.05) is 6.07 Å². The predicted molar refractivity (Wildman–Crippen MR) is 76.5 cm³/mol. The van der Waals surface area contributed by atoms with Crippen LogP contribution in [0.5, 0.6) is 5.75 Å². The summed E-state index contributed by atoms with van der Waals surface area (Å²) in [7, 11) is 1.70. The van der Waals surface area contributed by atoms with Gasteiger partial charge in [0, 0.05) is 44.4 Å². The Balaban J connectivity index is 1.84. The van der Waals surface area contributed by atoms with Crippen LogP contribution in [0, 0.1) is 11.3 Å². The molecular formula is C15H21N3O. The van der Waals surface area contributed by atoms with E-state index in [-0.39, 0.29) is 0 Å². The molecule has 0 aliphatic carbocycles. The molecule has 0 spiro atoms. The zero-order chi connectivity index (χ0) is 13.5. The molecule has 1 fully saturated rings. The molecule has 0 atom stereocenters. The number of ether oxygens (including phenoxy) is 1. The lowest BCUT2D eigenvalue weighted by Crippen LogP contribution is -2.46. The molecule has 1 aromatic carbocycles. The molecule has 0 unspecified atom stereocenters. The van der Waals surface area contributed by atoms with Crippen LogP contribution in [0.3, 0.4) is 0 Å². The maximum absolute atomic E-state index is 8.55. The first-order valence-corrected chi connectivity index (χ1v) is 6.82. The Morgan fingerprint density at radius 2 is 2.05 bits per heavy atom. The zero-order valence-electron chi connectivity index (χ0n) is 11.5. The summed E-state index contributed by atoms with van der Waals surface area (Å²) in [4.78, 5) is 4.83. The largest absolute Gasteiger partial charge is 0.497 e. The number of nitriles is 1. The number of piperazine rings is 1. The van der Waals surface area contributed by atoms with Crippen LogP contribution in [0.4, 0.5) is 5.69 Å². The first-order chi connectivity index (χ1) is 9.33. The fourth-order valence-corrected chi connectivity index (χ4v) is 2.42. The monoisotopic (exact) mass is 259 g/mol. The molecule has 0 amide bonds. The third-order valence-electron chi connectivity index (χ3n) is 3.55. The number of unbranched alkanes of at least 4 members (excludes halogenated alkanes) is 1. The molecule has 4 nitrogen and oxygen atoms in total. The normalized spacial score (nSPS) is 16.1. The van der Waals surface area contributed by atoms with E-state index in [2.05, 4.69) is 28.0 Å². The van der Waals surface area contributed by atoms with E-state index in [1.165, 1.54) is 5.69 Å². The van der Waals surface area contributed by atoms with Gasteiger partial charge in [0.25, 0.3) is 0 Å². The molecule has 0 saturated carbocycles. The average Bonchev–Trinajstić information content (AvgIpc) is 2.48. The van der Waals surface area contributed by atoms with E-state index in [9.17, 15) is 0 Å². The van der Waals surface area contributed by atoms with Crippen molar-refractivity contribution >= 4 is 5.69 Å². The van der Waals surface area contributed by atoms with Crippen LogP contribution < -0.4 is 9.64 Å². The van der Waals surface area contributed by atoms with E-state index in [0.717, 1.165) is 44.9 Å². The Morgan fingerprint density at radius 1 is 1.26 bits per heavy atom. The van der Waals surface area contributed by atoms with E-state index in [1.807, 2.05) is 12.1 Å². The molecule has 0 bridgehead atoms. The van der Waals surface area contributed by atoms with Crippen molar-refractivity contribution in [2.75, 3.05) is 44.7 Å². The average molecular weight is 259 g/mol. The van der Waals surface area contributed by atoms with Gasteiger partial charge in [0.2, 0.25) is 0 Å². The lowest BCUT2D eigenvalue weighted by Gasteiger charge is -2.36. The molecule has 1 aliphatic heterocycles. The lowest BCUT2D eigenvalue weighted by atomic mass is 10.2. The minimum Gasteiger partial charge on any atom is -0.497 e. The maximum atomic E-state index is 8.55. The molecule has 1 aliphatic rings. The molecule has 4 heteroatoms. The number of nitrogens with zero attached hydrogens (tertiary/aromatic N) is 3. The predicted octanol–water partition coefficient (Wildman–Crippen LogP) is 2.12. The second-order valence-corrected chi connectivity index (χ2v) is 4.79. The number of rotatable bonds is 5. The summed E-state index contributed by atoms with van der Waals surface area (Å²) in [5.41, 5.74) is 1.23. The van der Waals surface area contributed by atoms with Crippen LogP contribution in [-0.2, 0) is 0 Å². The Labute approximate surface area is 115 Å². The molecule has 1 heterocycles. The molecular weight excluding hydrogens is 238 g/mol. The molecule has 1 saturated heterocycles. The van der Waals surface area contributed by atoms with E-state index in [0.29, 0.717) is 6.42 Å². The highest BCUT2D eigenvalue weighted by Crippen LogP contribution is 2.22. The fraction of sp³-hybridized carbons (Fsp3) is 0.533. The minimum absolute atomic E-state index is 0.663. The smallest absolute Gasteiger partial charge is 0.120 e. The van der Waals surface area contributed by atoms with Gasteiger partial charge in [-0.15, -0.1) is 0 Å². The molecule has 0 radical (unpaired) electrons. The molecule has 19 heavy (non-hydrogen) atoms. The highest BCUT2D eigenvalue weighted by atomic mass is 16.5. The van der Waals surface area contributed by atoms with Gasteiger partial charge in [0.05, 0.1) is 13.2 Å². The van der Waals surface area contributed by atoms with Gasteiger partial charge < -0.3 is 9.64 Å². The van der Waals surface area contributed by atoms with Gasteiger partial charge >= 0.3 is 0 Å². The lowest BCUT2D eigenvalue weighted by molar-refractivity contribution is 0.256. The van der Waals surface area contributed by atoms with Gasteiger partial charge in [-0.2, -0.15) is 5.26 Å². The van der Waals surface area contributed by atoms with Crippen molar-refractivity contribution in [1.82, 2.24) is 4.90 Å². The summed E-state index contributed by atoms with van der Waals surface area (Å²) in [6.45, 7) is 5.27. The van der Waals surface area contributed by atoms with Crippen molar-refractivity contribution in [1.29, 1.82) is 5.26 Å². The van der Waals surface area contributed by atoms with Crippen molar-refractivity contribution in [3.63, 3.8) is 0 Å².